The van der Waals surface area contributed by atoms with E-state index in [9.17, 15) is 0 Å². The molecule has 0 amide bonds. The number of benzene rings is 8. The zero-order valence-electron chi connectivity index (χ0n) is 50.3. The van der Waals surface area contributed by atoms with Crippen LogP contribution in [-0.2, 0) is 32.5 Å². The van der Waals surface area contributed by atoms with Crippen LogP contribution in [0.15, 0.2) is 158 Å². The summed E-state index contributed by atoms with van der Waals surface area (Å²) in [5.74, 6) is 0. The van der Waals surface area contributed by atoms with Crippen LogP contribution in [-0.4, -0.2) is 12.3 Å². The first-order chi connectivity index (χ1) is 37.2. The van der Waals surface area contributed by atoms with Crippen molar-refractivity contribution < 1.29 is 0 Å². The maximum atomic E-state index is 2.94. The van der Waals surface area contributed by atoms with Gasteiger partial charge >= 0.3 is 0 Å². The molecule has 4 heteroatoms. The first kappa shape index (κ1) is 51.6. The van der Waals surface area contributed by atoms with Crippen LogP contribution in [0.1, 0.15) is 175 Å². The fourth-order valence-electron chi connectivity index (χ4n) is 15.2. The minimum Gasteiger partial charge on any atom is -0.335 e. The Morgan fingerprint density at radius 3 is 1.61 bits per heavy atom. The van der Waals surface area contributed by atoms with Crippen molar-refractivity contribution in [3.05, 3.63) is 197 Å². The molecular formula is C75H82BN3. The van der Waals surface area contributed by atoms with Crippen LogP contribution in [0, 0.1) is 0 Å². The quantitative estimate of drug-likeness (QED) is 0.159. The summed E-state index contributed by atoms with van der Waals surface area (Å²) in [4.78, 5) is 8.24. The van der Waals surface area contributed by atoms with Crippen molar-refractivity contribution in [1.82, 2.24) is 0 Å². The number of anilines is 8. The van der Waals surface area contributed by atoms with Gasteiger partial charge < -0.3 is 14.7 Å². The van der Waals surface area contributed by atoms with Crippen LogP contribution in [0.25, 0.3) is 22.3 Å². The lowest BCUT2D eigenvalue weighted by molar-refractivity contribution is 0.195. The predicted octanol–water partition coefficient (Wildman–Crippen LogP) is 18.7. The molecule has 400 valence electrons. The second kappa shape index (κ2) is 17.1. The van der Waals surface area contributed by atoms with Gasteiger partial charge in [-0.25, -0.2) is 0 Å². The molecule has 0 N–H and O–H groups in total. The second-order valence-corrected chi connectivity index (χ2v) is 29.4. The highest BCUT2D eigenvalue weighted by Crippen LogP contribution is 2.63. The van der Waals surface area contributed by atoms with E-state index in [4.69, 9.17) is 0 Å². The molecule has 0 radical (unpaired) electrons. The van der Waals surface area contributed by atoms with E-state index in [0.717, 1.165) is 23.5 Å². The van der Waals surface area contributed by atoms with E-state index in [1.807, 2.05) is 0 Å². The Kier molecular flexibility index (Phi) is 11.2. The molecule has 2 aliphatic carbocycles. The average molecular weight is 1040 g/mol. The molecule has 5 aliphatic rings. The van der Waals surface area contributed by atoms with Crippen molar-refractivity contribution in [2.75, 3.05) is 14.7 Å². The van der Waals surface area contributed by atoms with E-state index in [0.29, 0.717) is 0 Å². The minimum atomic E-state index is -0.181. The van der Waals surface area contributed by atoms with Gasteiger partial charge in [0.2, 0.25) is 0 Å². The van der Waals surface area contributed by atoms with Gasteiger partial charge in [-0.05, 0) is 168 Å². The predicted molar refractivity (Wildman–Crippen MR) is 341 cm³/mol. The molecule has 2 unspecified atom stereocenters. The van der Waals surface area contributed by atoms with Crippen LogP contribution >= 0.6 is 0 Å². The molecule has 1 fully saturated rings. The standard InChI is InChI=1S/C75H82BN3/c1-69(2,3)48-28-33-52(34-29-48)77(53-35-30-49(31-36-53)70(4,5)6)54-45-63-66-64(46-54)79-68-59(74(15)40-22-23-41-75(74,79)16)43-51(72(10,11)12)44-60(68)76(66)67-62(39-37-58-65(67)55-26-20-21-27-57(55)73(58,13)14)78(63)61-38-32-50(71(7,8)9)42-56(61)47-24-18-17-19-25-47/h17-21,24-39,42-46H,22-23,40-41H2,1-16H3. The largest absolute Gasteiger partial charge is 0.335 e. The van der Waals surface area contributed by atoms with Gasteiger partial charge in [-0.1, -0.05) is 220 Å². The van der Waals surface area contributed by atoms with Gasteiger partial charge in [0.25, 0.3) is 6.71 Å². The third-order valence-corrected chi connectivity index (χ3v) is 20.0. The van der Waals surface area contributed by atoms with E-state index in [2.05, 4.69) is 283 Å². The van der Waals surface area contributed by atoms with Gasteiger partial charge in [-0.15, -0.1) is 0 Å². The lowest BCUT2D eigenvalue weighted by Crippen LogP contribution is -2.65. The lowest BCUT2D eigenvalue weighted by Gasteiger charge is -2.53. The highest BCUT2D eigenvalue weighted by Gasteiger charge is 2.62. The molecule has 8 aromatic carbocycles. The van der Waals surface area contributed by atoms with Crippen molar-refractivity contribution in [2.24, 2.45) is 0 Å². The van der Waals surface area contributed by atoms with Crippen LogP contribution < -0.4 is 31.1 Å². The summed E-state index contributed by atoms with van der Waals surface area (Å²) in [5, 5.41) is 0. The van der Waals surface area contributed by atoms with Gasteiger partial charge in [-0.3, -0.25) is 0 Å². The van der Waals surface area contributed by atoms with Crippen molar-refractivity contribution in [1.29, 1.82) is 0 Å². The molecule has 0 aromatic heterocycles. The molecule has 2 atom stereocenters. The summed E-state index contributed by atoms with van der Waals surface area (Å²) in [6.45, 7) is 38.4. The van der Waals surface area contributed by atoms with Gasteiger partial charge in [0, 0.05) is 50.5 Å². The Morgan fingerprint density at radius 1 is 0.430 bits per heavy atom. The van der Waals surface area contributed by atoms with Gasteiger partial charge in [0.05, 0.1) is 16.9 Å². The van der Waals surface area contributed by atoms with Crippen LogP contribution in [0.3, 0.4) is 0 Å². The summed E-state index contributed by atoms with van der Waals surface area (Å²) in [6, 6.07) is 62.5. The summed E-state index contributed by atoms with van der Waals surface area (Å²) < 4.78 is 0. The summed E-state index contributed by atoms with van der Waals surface area (Å²) in [5.41, 5.74) is 28.8. The number of fused-ring (bicyclic) bond motifs is 11. The van der Waals surface area contributed by atoms with E-state index in [-0.39, 0.29) is 44.7 Å². The maximum Gasteiger partial charge on any atom is 0.252 e. The molecule has 3 heterocycles. The molecule has 13 rings (SSSR count). The zero-order valence-corrected chi connectivity index (χ0v) is 50.3. The molecule has 79 heavy (non-hydrogen) atoms. The van der Waals surface area contributed by atoms with E-state index < -0.39 is 0 Å². The van der Waals surface area contributed by atoms with E-state index in [1.165, 1.54) is 120 Å². The topological polar surface area (TPSA) is 9.72 Å². The molecule has 8 aromatic rings. The summed E-state index contributed by atoms with van der Waals surface area (Å²) in [6.07, 6.45) is 4.74. The Labute approximate surface area is 474 Å². The maximum absolute atomic E-state index is 2.94. The highest BCUT2D eigenvalue weighted by atomic mass is 15.3. The second-order valence-electron chi connectivity index (χ2n) is 29.4. The number of hydrogen-bond donors (Lipinski definition) is 0. The highest BCUT2D eigenvalue weighted by molar-refractivity contribution is 7.01. The normalized spacial score (nSPS) is 19.6. The van der Waals surface area contributed by atoms with Crippen molar-refractivity contribution in [3.63, 3.8) is 0 Å². The van der Waals surface area contributed by atoms with Crippen molar-refractivity contribution in [3.8, 4) is 22.3 Å². The summed E-state index contributed by atoms with van der Waals surface area (Å²) >= 11 is 0. The SMILES string of the molecule is CC(C)(C)c1ccc(N(c2ccc(C(C)(C)C)cc2)c2cc3c4c(c2)N2c5c(cc(C(C)(C)C)cc5C5(C)CCCCC25C)B4c2c(ccc4c2-c2ccccc2C4(C)C)N3c2ccc(C(C)(C)C)cc2-c2ccccc2)cc1. The molecule has 3 nitrogen and oxygen atoms in total. The van der Waals surface area contributed by atoms with Crippen LogP contribution in [0.2, 0.25) is 0 Å². The Hall–Kier alpha value is -6.78. The van der Waals surface area contributed by atoms with Crippen LogP contribution in [0.5, 0.6) is 0 Å². The smallest absolute Gasteiger partial charge is 0.252 e. The molecule has 0 bridgehead atoms. The van der Waals surface area contributed by atoms with Gasteiger partial charge in [0.1, 0.15) is 0 Å². The Bertz CT molecular complexity index is 3720. The molecular weight excluding hydrogens is 954 g/mol. The number of nitrogens with zero attached hydrogens (tertiary/aromatic N) is 3. The third-order valence-electron chi connectivity index (χ3n) is 20.0. The van der Waals surface area contributed by atoms with E-state index in [1.54, 1.807) is 5.56 Å². The van der Waals surface area contributed by atoms with Crippen LogP contribution in [0.4, 0.5) is 45.5 Å². The Balaban J connectivity index is 1.21. The fraction of sp³-hybridized carbons (Fsp3) is 0.360. The average Bonchev–Trinajstić information content (AvgIpc) is 2.50. The fourth-order valence-corrected chi connectivity index (χ4v) is 15.2. The lowest BCUT2D eigenvalue weighted by atomic mass is 9.32. The monoisotopic (exact) mass is 1040 g/mol. The molecule has 1 saturated carbocycles. The first-order valence-electron chi connectivity index (χ1n) is 29.7. The van der Waals surface area contributed by atoms with Gasteiger partial charge in [-0.2, -0.15) is 0 Å². The Morgan fingerprint density at radius 2 is 0.987 bits per heavy atom. The van der Waals surface area contributed by atoms with Crippen molar-refractivity contribution >= 4 is 68.6 Å². The zero-order chi connectivity index (χ0) is 55.7. The molecule has 0 saturated heterocycles. The van der Waals surface area contributed by atoms with Gasteiger partial charge in [0.15, 0.2) is 0 Å². The summed E-state index contributed by atoms with van der Waals surface area (Å²) in [7, 11) is 0. The molecule has 0 spiro atoms. The van der Waals surface area contributed by atoms with Crippen molar-refractivity contribution in [2.45, 2.75) is 174 Å². The third kappa shape index (κ3) is 7.58. The number of rotatable bonds is 5. The first-order valence-corrected chi connectivity index (χ1v) is 29.7. The molecule has 3 aliphatic heterocycles. The number of hydrogen-bond acceptors (Lipinski definition) is 3. The van der Waals surface area contributed by atoms with E-state index >= 15 is 0 Å². The minimum absolute atomic E-state index is 0.0152.